The highest BCUT2D eigenvalue weighted by Gasteiger charge is 2.28. The number of sulfonamides is 1. The molecule has 2 fully saturated rings. The van der Waals surface area contributed by atoms with E-state index in [1.807, 2.05) is 11.9 Å². The van der Waals surface area contributed by atoms with Crippen LogP contribution in [-0.4, -0.2) is 63.4 Å². The van der Waals surface area contributed by atoms with Crippen LogP contribution in [0, 0.1) is 0 Å². The van der Waals surface area contributed by atoms with Crippen molar-refractivity contribution in [3.63, 3.8) is 0 Å². The van der Waals surface area contributed by atoms with E-state index in [4.69, 9.17) is 0 Å². The van der Waals surface area contributed by atoms with Crippen LogP contribution in [0.4, 0.5) is 0 Å². The summed E-state index contributed by atoms with van der Waals surface area (Å²) in [6.07, 6.45) is 2.71. The predicted molar refractivity (Wildman–Crippen MR) is 87.8 cm³/mol. The van der Waals surface area contributed by atoms with Crippen LogP contribution in [-0.2, 0) is 10.0 Å². The summed E-state index contributed by atoms with van der Waals surface area (Å²) in [6, 6.07) is 6.41. The molecule has 1 saturated heterocycles. The number of likely N-dealkylation sites (N-methyl/N-ethyl adjacent to an activating group) is 1. The maximum atomic E-state index is 12.7. The molecule has 3 rings (SSSR count). The van der Waals surface area contributed by atoms with Crippen molar-refractivity contribution in [2.24, 2.45) is 0 Å². The molecule has 1 amide bonds. The zero-order chi connectivity index (χ0) is 16.4. The molecule has 0 atom stereocenters. The molecule has 23 heavy (non-hydrogen) atoms. The van der Waals surface area contributed by atoms with Crippen molar-refractivity contribution in [2.45, 2.75) is 30.2 Å². The van der Waals surface area contributed by atoms with Crippen molar-refractivity contribution in [2.75, 3.05) is 33.2 Å². The van der Waals surface area contributed by atoms with Crippen LogP contribution in [0.2, 0.25) is 0 Å². The molecular formula is C16H23N3O3S. The number of nitrogens with zero attached hydrogens (tertiary/aromatic N) is 2. The van der Waals surface area contributed by atoms with Gasteiger partial charge in [-0.3, -0.25) is 4.79 Å². The SMILES string of the molecule is CN1CCCN(C(=O)c2cccc(S(=O)(=O)NC3CC3)c2)CC1. The third-order valence-corrected chi connectivity index (χ3v) is 5.82. The van der Waals surface area contributed by atoms with E-state index in [2.05, 4.69) is 9.62 Å². The Hall–Kier alpha value is -1.44. The molecule has 0 aromatic heterocycles. The number of benzene rings is 1. The Morgan fingerprint density at radius 2 is 1.96 bits per heavy atom. The third kappa shape index (κ3) is 4.10. The summed E-state index contributed by atoms with van der Waals surface area (Å²) in [5, 5.41) is 0. The second-order valence-electron chi connectivity index (χ2n) is 6.37. The maximum Gasteiger partial charge on any atom is 0.253 e. The predicted octanol–water partition coefficient (Wildman–Crippen LogP) is 0.905. The van der Waals surface area contributed by atoms with Gasteiger partial charge < -0.3 is 9.80 Å². The van der Waals surface area contributed by atoms with Crippen LogP contribution in [0.5, 0.6) is 0 Å². The second kappa shape index (κ2) is 6.59. The van der Waals surface area contributed by atoms with Crippen molar-refractivity contribution in [3.8, 4) is 0 Å². The first kappa shape index (κ1) is 16.4. The molecule has 0 unspecified atom stereocenters. The Morgan fingerprint density at radius 1 is 1.17 bits per heavy atom. The van der Waals surface area contributed by atoms with Crippen LogP contribution in [0.3, 0.4) is 0 Å². The first-order valence-electron chi connectivity index (χ1n) is 8.06. The largest absolute Gasteiger partial charge is 0.337 e. The maximum absolute atomic E-state index is 12.7. The Morgan fingerprint density at radius 3 is 2.70 bits per heavy atom. The third-order valence-electron chi connectivity index (χ3n) is 4.30. The molecule has 1 saturated carbocycles. The lowest BCUT2D eigenvalue weighted by Crippen LogP contribution is -2.34. The van der Waals surface area contributed by atoms with Gasteiger partial charge in [0, 0.05) is 31.2 Å². The van der Waals surface area contributed by atoms with E-state index in [1.54, 1.807) is 12.1 Å². The molecule has 0 spiro atoms. The number of carbonyl (C=O) groups is 1. The fraction of sp³-hybridized carbons (Fsp3) is 0.562. The molecule has 6 nitrogen and oxygen atoms in total. The van der Waals surface area contributed by atoms with Gasteiger partial charge in [-0.05, 0) is 51.1 Å². The summed E-state index contributed by atoms with van der Waals surface area (Å²) in [4.78, 5) is 16.8. The summed E-state index contributed by atoms with van der Waals surface area (Å²) >= 11 is 0. The topological polar surface area (TPSA) is 69.7 Å². The molecule has 1 aromatic rings. The first-order chi connectivity index (χ1) is 11.0. The lowest BCUT2D eigenvalue weighted by molar-refractivity contribution is 0.0762. The standard InChI is InChI=1S/C16H23N3O3S/c1-18-8-3-9-19(11-10-18)16(20)13-4-2-5-15(12-13)23(21,22)17-14-6-7-14/h2,4-5,12,14,17H,3,6-11H2,1H3. The van der Waals surface area contributed by atoms with E-state index in [-0.39, 0.29) is 16.8 Å². The fourth-order valence-corrected chi connectivity index (χ4v) is 4.07. The van der Waals surface area contributed by atoms with Gasteiger partial charge in [0.1, 0.15) is 0 Å². The van der Waals surface area contributed by atoms with E-state index >= 15 is 0 Å². The molecule has 126 valence electrons. The Balaban J connectivity index is 1.77. The Bertz CT molecular complexity index is 686. The number of hydrogen-bond acceptors (Lipinski definition) is 4. The second-order valence-corrected chi connectivity index (χ2v) is 8.09. The zero-order valence-electron chi connectivity index (χ0n) is 13.4. The van der Waals surface area contributed by atoms with Gasteiger partial charge in [0.15, 0.2) is 0 Å². The van der Waals surface area contributed by atoms with Crippen molar-refractivity contribution in [1.82, 2.24) is 14.5 Å². The summed E-state index contributed by atoms with van der Waals surface area (Å²) in [7, 11) is -1.48. The van der Waals surface area contributed by atoms with Gasteiger partial charge in [0.25, 0.3) is 5.91 Å². The highest BCUT2D eigenvalue weighted by atomic mass is 32.2. The summed E-state index contributed by atoms with van der Waals surface area (Å²) in [5.74, 6) is -0.0937. The number of hydrogen-bond donors (Lipinski definition) is 1. The average Bonchev–Trinajstić information content (AvgIpc) is 3.34. The van der Waals surface area contributed by atoms with E-state index in [0.717, 1.165) is 32.4 Å². The first-order valence-corrected chi connectivity index (χ1v) is 9.54. The minimum Gasteiger partial charge on any atom is -0.337 e. The van der Waals surface area contributed by atoms with Crippen LogP contribution in [0.15, 0.2) is 29.2 Å². The number of nitrogens with one attached hydrogen (secondary N) is 1. The minimum atomic E-state index is -3.53. The average molecular weight is 337 g/mol. The smallest absolute Gasteiger partial charge is 0.253 e. The molecular weight excluding hydrogens is 314 g/mol. The molecule has 1 heterocycles. The van der Waals surface area contributed by atoms with Gasteiger partial charge in [-0.2, -0.15) is 0 Å². The van der Waals surface area contributed by atoms with E-state index in [9.17, 15) is 13.2 Å². The van der Waals surface area contributed by atoms with Crippen molar-refractivity contribution >= 4 is 15.9 Å². The van der Waals surface area contributed by atoms with E-state index < -0.39 is 10.0 Å². The van der Waals surface area contributed by atoms with E-state index in [0.29, 0.717) is 18.7 Å². The Labute approximate surface area is 137 Å². The van der Waals surface area contributed by atoms with Crippen LogP contribution in [0.1, 0.15) is 29.6 Å². The summed E-state index contributed by atoms with van der Waals surface area (Å²) < 4.78 is 27.2. The Kier molecular flexibility index (Phi) is 4.70. The van der Waals surface area contributed by atoms with Gasteiger partial charge in [-0.25, -0.2) is 13.1 Å². The lowest BCUT2D eigenvalue weighted by Gasteiger charge is -2.21. The van der Waals surface area contributed by atoms with Gasteiger partial charge in [-0.15, -0.1) is 0 Å². The highest BCUT2D eigenvalue weighted by molar-refractivity contribution is 7.89. The fourth-order valence-electron chi connectivity index (χ4n) is 2.72. The van der Waals surface area contributed by atoms with Crippen molar-refractivity contribution < 1.29 is 13.2 Å². The van der Waals surface area contributed by atoms with Crippen LogP contribution < -0.4 is 4.72 Å². The molecule has 0 radical (unpaired) electrons. The summed E-state index contributed by atoms with van der Waals surface area (Å²) in [5.41, 5.74) is 0.438. The number of amides is 1. The number of rotatable bonds is 4. The van der Waals surface area contributed by atoms with Gasteiger partial charge in [0.2, 0.25) is 10.0 Å². The van der Waals surface area contributed by atoms with E-state index in [1.165, 1.54) is 12.1 Å². The normalized spacial score (nSPS) is 20.3. The lowest BCUT2D eigenvalue weighted by atomic mass is 10.2. The zero-order valence-corrected chi connectivity index (χ0v) is 14.2. The molecule has 1 N–H and O–H groups in total. The molecule has 0 bridgehead atoms. The quantitative estimate of drug-likeness (QED) is 0.886. The van der Waals surface area contributed by atoms with Gasteiger partial charge >= 0.3 is 0 Å². The van der Waals surface area contributed by atoms with Gasteiger partial charge in [0.05, 0.1) is 4.90 Å². The minimum absolute atomic E-state index is 0.0560. The van der Waals surface area contributed by atoms with Crippen LogP contribution >= 0.6 is 0 Å². The molecule has 1 aliphatic carbocycles. The van der Waals surface area contributed by atoms with Crippen LogP contribution in [0.25, 0.3) is 0 Å². The number of carbonyl (C=O) groups excluding carboxylic acids is 1. The monoisotopic (exact) mass is 337 g/mol. The molecule has 2 aliphatic rings. The molecule has 1 aliphatic heterocycles. The molecule has 1 aromatic carbocycles. The van der Waals surface area contributed by atoms with Crippen molar-refractivity contribution in [3.05, 3.63) is 29.8 Å². The van der Waals surface area contributed by atoms with Gasteiger partial charge in [-0.1, -0.05) is 6.07 Å². The highest BCUT2D eigenvalue weighted by Crippen LogP contribution is 2.22. The molecule has 7 heteroatoms. The van der Waals surface area contributed by atoms with Crippen molar-refractivity contribution in [1.29, 1.82) is 0 Å². The summed E-state index contributed by atoms with van der Waals surface area (Å²) in [6.45, 7) is 3.20.